The standard InChI is InChI=1S/C21H17NO3S/c1-25-18-10-12-19(13-11-18)26(23,24)22-15-14-17-8-5-9-20(21(17)22)16-6-3-2-4-7-16/h2-15H,1H3. The van der Waals surface area contributed by atoms with Crippen molar-refractivity contribution < 1.29 is 13.2 Å². The van der Waals surface area contributed by atoms with Gasteiger partial charge in [-0.2, -0.15) is 0 Å². The van der Waals surface area contributed by atoms with Crippen molar-refractivity contribution in [2.45, 2.75) is 4.90 Å². The van der Waals surface area contributed by atoms with E-state index >= 15 is 0 Å². The average Bonchev–Trinajstić information content (AvgIpc) is 3.14. The normalized spacial score (nSPS) is 11.6. The molecule has 0 saturated heterocycles. The van der Waals surface area contributed by atoms with Crippen molar-refractivity contribution in [2.24, 2.45) is 0 Å². The van der Waals surface area contributed by atoms with Gasteiger partial charge in [0.1, 0.15) is 5.75 Å². The molecule has 0 aliphatic heterocycles. The zero-order valence-electron chi connectivity index (χ0n) is 14.2. The molecule has 3 aromatic carbocycles. The first-order valence-electron chi connectivity index (χ1n) is 8.16. The first kappa shape index (κ1) is 16.4. The highest BCUT2D eigenvalue weighted by Crippen LogP contribution is 2.32. The summed E-state index contributed by atoms with van der Waals surface area (Å²) in [7, 11) is -2.17. The maximum atomic E-state index is 13.2. The first-order chi connectivity index (χ1) is 12.6. The predicted molar refractivity (Wildman–Crippen MR) is 103 cm³/mol. The molecule has 4 nitrogen and oxygen atoms in total. The topological polar surface area (TPSA) is 48.3 Å². The minimum Gasteiger partial charge on any atom is -0.497 e. The van der Waals surface area contributed by atoms with Crippen molar-refractivity contribution in [2.75, 3.05) is 7.11 Å². The van der Waals surface area contributed by atoms with Crippen LogP contribution in [-0.4, -0.2) is 19.5 Å². The van der Waals surface area contributed by atoms with Gasteiger partial charge in [-0.25, -0.2) is 12.4 Å². The second-order valence-electron chi connectivity index (χ2n) is 5.90. The van der Waals surface area contributed by atoms with E-state index in [1.807, 2.05) is 54.6 Å². The van der Waals surface area contributed by atoms with Crippen LogP contribution >= 0.6 is 0 Å². The van der Waals surface area contributed by atoms with Gasteiger partial charge in [-0.3, -0.25) is 0 Å². The molecule has 1 aromatic heterocycles. The van der Waals surface area contributed by atoms with Crippen LogP contribution in [0.4, 0.5) is 0 Å². The zero-order chi connectivity index (χ0) is 18.1. The van der Waals surface area contributed by atoms with Crippen LogP contribution in [-0.2, 0) is 10.0 Å². The van der Waals surface area contributed by atoms with E-state index in [4.69, 9.17) is 4.74 Å². The van der Waals surface area contributed by atoms with Gasteiger partial charge < -0.3 is 4.74 Å². The summed E-state index contributed by atoms with van der Waals surface area (Å²) in [6.07, 6.45) is 1.61. The van der Waals surface area contributed by atoms with E-state index in [0.717, 1.165) is 16.5 Å². The summed E-state index contributed by atoms with van der Waals surface area (Å²) in [5.74, 6) is 0.617. The fraction of sp³-hybridized carbons (Fsp3) is 0.0476. The van der Waals surface area contributed by atoms with Crippen molar-refractivity contribution in [3.8, 4) is 16.9 Å². The quantitative estimate of drug-likeness (QED) is 0.534. The number of fused-ring (bicyclic) bond motifs is 1. The van der Waals surface area contributed by atoms with Crippen LogP contribution in [0.2, 0.25) is 0 Å². The summed E-state index contributed by atoms with van der Waals surface area (Å²) in [5.41, 5.74) is 2.53. The van der Waals surface area contributed by atoms with Gasteiger partial charge in [-0.15, -0.1) is 0 Å². The Morgan fingerprint density at radius 2 is 1.54 bits per heavy atom. The van der Waals surface area contributed by atoms with Gasteiger partial charge in [0.25, 0.3) is 10.0 Å². The molecule has 4 aromatic rings. The van der Waals surface area contributed by atoms with Gasteiger partial charge in [0, 0.05) is 17.1 Å². The number of hydrogen-bond donors (Lipinski definition) is 0. The van der Waals surface area contributed by atoms with Gasteiger partial charge in [-0.05, 0) is 35.9 Å². The summed E-state index contributed by atoms with van der Waals surface area (Å²) in [4.78, 5) is 0.221. The highest BCUT2D eigenvalue weighted by molar-refractivity contribution is 7.90. The molecule has 26 heavy (non-hydrogen) atoms. The number of hydrogen-bond acceptors (Lipinski definition) is 3. The van der Waals surface area contributed by atoms with Crippen LogP contribution in [0, 0.1) is 0 Å². The lowest BCUT2D eigenvalue weighted by Crippen LogP contribution is -2.12. The first-order valence-corrected chi connectivity index (χ1v) is 9.60. The molecule has 0 atom stereocenters. The number of para-hydroxylation sites is 1. The molecule has 0 aliphatic carbocycles. The number of methoxy groups -OCH3 is 1. The van der Waals surface area contributed by atoms with Crippen molar-refractivity contribution in [1.82, 2.24) is 3.97 Å². The monoisotopic (exact) mass is 363 g/mol. The van der Waals surface area contributed by atoms with Crippen LogP contribution in [0.1, 0.15) is 0 Å². The highest BCUT2D eigenvalue weighted by Gasteiger charge is 2.21. The summed E-state index contributed by atoms with van der Waals surface area (Å²) in [6, 6.07) is 23.8. The van der Waals surface area contributed by atoms with Gasteiger partial charge in [-0.1, -0.05) is 48.5 Å². The number of rotatable bonds is 4. The molecule has 0 aliphatic rings. The fourth-order valence-electron chi connectivity index (χ4n) is 3.08. The van der Waals surface area contributed by atoms with Crippen molar-refractivity contribution in [3.05, 3.63) is 85.1 Å². The van der Waals surface area contributed by atoms with E-state index in [0.29, 0.717) is 11.3 Å². The van der Waals surface area contributed by atoms with Gasteiger partial charge in [0.15, 0.2) is 0 Å². The Bertz CT molecular complexity index is 1160. The average molecular weight is 363 g/mol. The zero-order valence-corrected chi connectivity index (χ0v) is 15.0. The van der Waals surface area contributed by atoms with Crippen LogP contribution in [0.25, 0.3) is 22.0 Å². The third-order valence-corrected chi connectivity index (χ3v) is 6.07. The van der Waals surface area contributed by atoms with Crippen LogP contribution in [0.5, 0.6) is 5.75 Å². The van der Waals surface area contributed by atoms with Crippen molar-refractivity contribution in [1.29, 1.82) is 0 Å². The third-order valence-electron chi connectivity index (χ3n) is 4.38. The number of aromatic nitrogens is 1. The Labute approximate surface area is 152 Å². The summed E-state index contributed by atoms with van der Waals surface area (Å²) in [6.45, 7) is 0. The van der Waals surface area contributed by atoms with Crippen molar-refractivity contribution in [3.63, 3.8) is 0 Å². The molecule has 0 fully saturated rings. The van der Waals surface area contributed by atoms with Gasteiger partial charge >= 0.3 is 0 Å². The van der Waals surface area contributed by atoms with Crippen LogP contribution < -0.4 is 4.74 Å². The lowest BCUT2D eigenvalue weighted by Gasteiger charge is -2.11. The summed E-state index contributed by atoms with van der Waals surface area (Å²) < 4.78 is 32.9. The second kappa shape index (κ2) is 6.35. The maximum Gasteiger partial charge on any atom is 0.268 e. The summed E-state index contributed by atoms with van der Waals surface area (Å²) in [5, 5.41) is 0.878. The van der Waals surface area contributed by atoms with Crippen LogP contribution in [0.3, 0.4) is 0 Å². The molecule has 0 N–H and O–H groups in total. The molecule has 5 heteroatoms. The van der Waals surface area contributed by atoms with E-state index in [2.05, 4.69) is 0 Å². The molecule has 1 heterocycles. The lowest BCUT2D eigenvalue weighted by atomic mass is 10.0. The molecule has 0 radical (unpaired) electrons. The van der Waals surface area contributed by atoms with Gasteiger partial charge in [0.2, 0.25) is 0 Å². The van der Waals surface area contributed by atoms with Gasteiger partial charge in [0.05, 0.1) is 17.5 Å². The van der Waals surface area contributed by atoms with E-state index < -0.39 is 10.0 Å². The Balaban J connectivity index is 1.94. The molecule has 130 valence electrons. The Kier molecular flexibility index (Phi) is 4.01. The van der Waals surface area contributed by atoms with E-state index in [1.165, 1.54) is 3.97 Å². The Morgan fingerprint density at radius 3 is 2.23 bits per heavy atom. The number of ether oxygens (including phenoxy) is 1. The number of nitrogens with zero attached hydrogens (tertiary/aromatic N) is 1. The predicted octanol–water partition coefficient (Wildman–Crippen LogP) is 4.55. The third kappa shape index (κ3) is 2.66. The molecule has 0 bridgehead atoms. The molecule has 0 saturated carbocycles. The minimum absolute atomic E-state index is 0.221. The van der Waals surface area contributed by atoms with E-state index in [1.54, 1.807) is 37.6 Å². The molecule has 0 amide bonds. The van der Waals surface area contributed by atoms with Crippen LogP contribution in [0.15, 0.2) is 90.0 Å². The largest absolute Gasteiger partial charge is 0.497 e. The van der Waals surface area contributed by atoms with Crippen molar-refractivity contribution >= 4 is 20.9 Å². The summed E-state index contributed by atoms with van der Waals surface area (Å²) >= 11 is 0. The highest BCUT2D eigenvalue weighted by atomic mass is 32.2. The number of benzene rings is 3. The molecular formula is C21H17NO3S. The second-order valence-corrected chi connectivity index (χ2v) is 7.72. The SMILES string of the molecule is COc1ccc(S(=O)(=O)n2ccc3cccc(-c4ccccc4)c32)cc1. The lowest BCUT2D eigenvalue weighted by molar-refractivity contribution is 0.414. The molecule has 0 spiro atoms. The molecular weight excluding hydrogens is 346 g/mol. The minimum atomic E-state index is -3.72. The molecule has 0 unspecified atom stereocenters. The Morgan fingerprint density at radius 1 is 0.808 bits per heavy atom. The maximum absolute atomic E-state index is 13.2. The fourth-order valence-corrected chi connectivity index (χ4v) is 4.45. The smallest absolute Gasteiger partial charge is 0.268 e. The van der Waals surface area contributed by atoms with E-state index in [9.17, 15) is 8.42 Å². The van der Waals surface area contributed by atoms with E-state index in [-0.39, 0.29) is 4.90 Å². The Hall–Kier alpha value is -3.05. The molecule has 4 rings (SSSR count).